The van der Waals surface area contributed by atoms with Crippen molar-refractivity contribution in [2.45, 2.75) is 24.8 Å². The Balaban J connectivity index is 3.01. The van der Waals surface area contributed by atoms with Crippen LogP contribution in [0, 0.1) is 6.92 Å². The van der Waals surface area contributed by atoms with Crippen molar-refractivity contribution in [1.82, 2.24) is 9.62 Å². The largest absolute Gasteiger partial charge is 0.477 e. The topological polar surface area (TPSA) is 86.7 Å². The predicted molar refractivity (Wildman–Crippen MR) is 74.4 cm³/mol. The summed E-state index contributed by atoms with van der Waals surface area (Å²) < 4.78 is 26.8. The first kappa shape index (κ1) is 16.1. The second kappa shape index (κ2) is 6.00. The molecule has 0 aliphatic carbocycles. The molecule has 0 amide bonds. The fraction of sp³-hybridized carbons (Fsp3) is 0.545. The van der Waals surface area contributed by atoms with Gasteiger partial charge in [0.2, 0.25) is 10.0 Å². The number of hydrogen-bond acceptors (Lipinski definition) is 5. The number of likely N-dealkylation sites (N-methyl/N-ethyl adjacent to an activating group) is 1. The van der Waals surface area contributed by atoms with Gasteiger partial charge in [-0.25, -0.2) is 17.9 Å². The smallest absolute Gasteiger partial charge is 0.347 e. The Kier molecular flexibility index (Phi) is 5.08. The Morgan fingerprint density at radius 3 is 2.58 bits per heavy atom. The molecule has 0 spiro atoms. The SMILES string of the molecule is Cc1csc(C(=O)O)c1S(=O)(=O)NCC(C)N(C)C. The molecule has 0 radical (unpaired) electrons. The molecular formula is C11H18N2O4S2. The average Bonchev–Trinajstić information content (AvgIpc) is 2.68. The lowest BCUT2D eigenvalue weighted by Crippen LogP contribution is -2.38. The van der Waals surface area contributed by atoms with Crippen molar-refractivity contribution in [3.63, 3.8) is 0 Å². The number of carbonyl (C=O) groups is 1. The number of hydrogen-bond donors (Lipinski definition) is 2. The predicted octanol–water partition coefficient (Wildman–Crippen LogP) is 0.983. The van der Waals surface area contributed by atoms with E-state index in [1.54, 1.807) is 6.92 Å². The van der Waals surface area contributed by atoms with Crippen LogP contribution in [0.3, 0.4) is 0 Å². The van der Waals surface area contributed by atoms with Crippen LogP contribution in [-0.2, 0) is 10.0 Å². The van der Waals surface area contributed by atoms with Crippen LogP contribution in [0.1, 0.15) is 22.2 Å². The van der Waals surface area contributed by atoms with Gasteiger partial charge < -0.3 is 10.0 Å². The molecule has 108 valence electrons. The molecule has 1 aromatic rings. The molecule has 0 aliphatic rings. The molecule has 0 bridgehead atoms. The van der Waals surface area contributed by atoms with Gasteiger partial charge in [0, 0.05) is 12.6 Å². The number of aryl methyl sites for hydroxylation is 1. The van der Waals surface area contributed by atoms with Gasteiger partial charge in [-0.1, -0.05) is 0 Å². The van der Waals surface area contributed by atoms with Crippen LogP contribution in [0.15, 0.2) is 10.3 Å². The fourth-order valence-electron chi connectivity index (χ4n) is 1.40. The summed E-state index contributed by atoms with van der Waals surface area (Å²) >= 11 is 0.923. The van der Waals surface area contributed by atoms with E-state index in [1.165, 1.54) is 5.38 Å². The van der Waals surface area contributed by atoms with Crippen molar-refractivity contribution in [2.24, 2.45) is 0 Å². The van der Waals surface area contributed by atoms with Crippen molar-refractivity contribution < 1.29 is 18.3 Å². The van der Waals surface area contributed by atoms with Gasteiger partial charge in [-0.3, -0.25) is 0 Å². The van der Waals surface area contributed by atoms with Crippen LogP contribution < -0.4 is 4.72 Å². The normalized spacial score (nSPS) is 13.7. The van der Waals surface area contributed by atoms with Gasteiger partial charge in [0.15, 0.2) is 0 Å². The van der Waals surface area contributed by atoms with Gasteiger partial charge in [0.05, 0.1) is 0 Å². The Morgan fingerprint density at radius 2 is 2.11 bits per heavy atom. The highest BCUT2D eigenvalue weighted by molar-refractivity contribution is 7.89. The minimum atomic E-state index is -3.80. The first-order valence-electron chi connectivity index (χ1n) is 5.64. The molecule has 0 saturated heterocycles. The van der Waals surface area contributed by atoms with E-state index in [0.717, 1.165) is 11.3 Å². The van der Waals surface area contributed by atoms with Gasteiger partial charge >= 0.3 is 5.97 Å². The molecule has 2 N–H and O–H groups in total. The highest BCUT2D eigenvalue weighted by atomic mass is 32.2. The van der Waals surface area contributed by atoms with E-state index in [1.807, 2.05) is 25.9 Å². The number of carboxylic acids is 1. The molecule has 1 heterocycles. The summed E-state index contributed by atoms with van der Waals surface area (Å²) in [5.74, 6) is -1.22. The minimum absolute atomic E-state index is 0.0157. The summed E-state index contributed by atoms with van der Waals surface area (Å²) in [4.78, 5) is 12.6. The van der Waals surface area contributed by atoms with Crippen molar-refractivity contribution in [3.8, 4) is 0 Å². The number of nitrogens with one attached hydrogen (secondary N) is 1. The summed E-state index contributed by atoms with van der Waals surface area (Å²) in [5, 5.41) is 10.6. The van der Waals surface area contributed by atoms with E-state index >= 15 is 0 Å². The Hall–Kier alpha value is -0.960. The molecule has 8 heteroatoms. The van der Waals surface area contributed by atoms with Gasteiger partial charge in [-0.05, 0) is 38.9 Å². The third-order valence-electron chi connectivity index (χ3n) is 2.83. The van der Waals surface area contributed by atoms with Gasteiger partial charge in [-0.15, -0.1) is 11.3 Å². The maximum atomic E-state index is 12.2. The Labute approximate surface area is 117 Å². The molecule has 1 aromatic heterocycles. The fourth-order valence-corrected chi connectivity index (χ4v) is 4.15. The minimum Gasteiger partial charge on any atom is -0.477 e. The monoisotopic (exact) mass is 306 g/mol. The van der Waals surface area contributed by atoms with Gasteiger partial charge in [0.1, 0.15) is 9.77 Å². The summed E-state index contributed by atoms with van der Waals surface area (Å²) in [6.07, 6.45) is 0. The van der Waals surface area contributed by atoms with Crippen LogP contribution in [0.4, 0.5) is 0 Å². The first-order chi connectivity index (χ1) is 8.66. The lowest BCUT2D eigenvalue weighted by molar-refractivity contribution is 0.0698. The number of sulfonamides is 1. The lowest BCUT2D eigenvalue weighted by atomic mass is 10.3. The molecule has 19 heavy (non-hydrogen) atoms. The molecule has 1 atom stereocenters. The van der Waals surface area contributed by atoms with Crippen LogP contribution in [0.25, 0.3) is 0 Å². The molecule has 6 nitrogen and oxygen atoms in total. The molecule has 0 saturated carbocycles. The number of rotatable bonds is 6. The number of carboxylic acid groups (broad SMARTS) is 1. The van der Waals surface area contributed by atoms with Crippen LogP contribution in [0.5, 0.6) is 0 Å². The molecule has 1 unspecified atom stereocenters. The van der Waals surface area contributed by atoms with Gasteiger partial charge in [0.25, 0.3) is 0 Å². The first-order valence-corrected chi connectivity index (χ1v) is 8.00. The molecule has 1 rings (SSSR count). The van der Waals surface area contributed by atoms with Crippen LogP contribution in [0.2, 0.25) is 0 Å². The van der Waals surface area contributed by atoms with Crippen molar-refractivity contribution in [2.75, 3.05) is 20.6 Å². The molecule has 0 aliphatic heterocycles. The average molecular weight is 306 g/mol. The van der Waals surface area contributed by atoms with Crippen LogP contribution in [-0.4, -0.2) is 51.1 Å². The van der Waals surface area contributed by atoms with E-state index in [9.17, 15) is 13.2 Å². The number of nitrogens with zero attached hydrogens (tertiary/aromatic N) is 1. The zero-order chi connectivity index (χ0) is 14.8. The highest BCUT2D eigenvalue weighted by Gasteiger charge is 2.26. The third-order valence-corrected chi connectivity index (χ3v) is 5.66. The highest BCUT2D eigenvalue weighted by Crippen LogP contribution is 2.26. The van der Waals surface area contributed by atoms with Gasteiger partial charge in [-0.2, -0.15) is 0 Å². The number of aromatic carboxylic acids is 1. The Bertz CT molecular complexity index is 563. The third kappa shape index (κ3) is 3.75. The van der Waals surface area contributed by atoms with Crippen molar-refractivity contribution in [3.05, 3.63) is 15.8 Å². The second-order valence-electron chi connectivity index (χ2n) is 4.55. The van der Waals surface area contributed by atoms with E-state index < -0.39 is 16.0 Å². The molecule has 0 fully saturated rings. The van der Waals surface area contributed by atoms with E-state index in [2.05, 4.69) is 4.72 Å². The van der Waals surface area contributed by atoms with E-state index in [4.69, 9.17) is 5.11 Å². The zero-order valence-corrected chi connectivity index (χ0v) is 12.9. The zero-order valence-electron chi connectivity index (χ0n) is 11.3. The van der Waals surface area contributed by atoms with Crippen molar-refractivity contribution in [1.29, 1.82) is 0 Å². The molecular weight excluding hydrogens is 288 g/mol. The van der Waals surface area contributed by atoms with Crippen molar-refractivity contribution >= 4 is 27.3 Å². The summed E-state index contributed by atoms with van der Waals surface area (Å²) in [6.45, 7) is 3.69. The maximum Gasteiger partial charge on any atom is 0.347 e. The lowest BCUT2D eigenvalue weighted by Gasteiger charge is -2.20. The van der Waals surface area contributed by atoms with E-state index in [-0.39, 0.29) is 22.4 Å². The standard InChI is InChI=1S/C11H18N2O4S2/c1-7-6-18-9(11(14)15)10(7)19(16,17)12-5-8(2)13(3)4/h6,8,12H,5H2,1-4H3,(H,14,15). The summed E-state index contributed by atoms with van der Waals surface area (Å²) in [6, 6.07) is 0.0157. The number of thiophene rings is 1. The van der Waals surface area contributed by atoms with E-state index in [0.29, 0.717) is 5.56 Å². The second-order valence-corrected chi connectivity index (χ2v) is 7.13. The molecule has 0 aromatic carbocycles. The quantitative estimate of drug-likeness (QED) is 0.818. The Morgan fingerprint density at radius 1 is 1.53 bits per heavy atom. The maximum absolute atomic E-state index is 12.2. The van der Waals surface area contributed by atoms with Crippen LogP contribution >= 0.6 is 11.3 Å². The summed E-state index contributed by atoms with van der Waals surface area (Å²) in [5.41, 5.74) is 0.451. The summed E-state index contributed by atoms with van der Waals surface area (Å²) in [7, 11) is -0.110.